The number of nitrogens with zero attached hydrogens (tertiary/aromatic N) is 3. The second kappa shape index (κ2) is 16.6. The van der Waals surface area contributed by atoms with Crippen molar-refractivity contribution in [3.05, 3.63) is 118 Å². The molecule has 14 nitrogen and oxygen atoms in total. The molecule has 0 aromatic heterocycles. The van der Waals surface area contributed by atoms with Gasteiger partial charge in [0.2, 0.25) is 0 Å². The van der Waals surface area contributed by atoms with Crippen molar-refractivity contribution in [3.8, 4) is 0 Å². The maximum Gasteiger partial charge on any atom is 0.311 e. The molecule has 0 bridgehead atoms. The highest BCUT2D eigenvalue weighted by atomic mass is 16.8. The number of carbonyl (C=O) groups excluding carboxylic acids is 1. The summed E-state index contributed by atoms with van der Waals surface area (Å²) in [7, 11) is 1.45. The molecular formula is C39H45N3O11. The Kier molecular flexibility index (Phi) is 11.7. The molecule has 4 saturated heterocycles. The summed E-state index contributed by atoms with van der Waals surface area (Å²) in [5.74, 6) is -0.504. The van der Waals surface area contributed by atoms with E-state index in [1.54, 1.807) is 20.8 Å². The number of hydrogen-bond acceptors (Lipinski definition) is 12. The van der Waals surface area contributed by atoms with Crippen LogP contribution >= 0.6 is 0 Å². The van der Waals surface area contributed by atoms with E-state index in [4.69, 9.17) is 47.4 Å². The Hall–Kier alpha value is -3.92. The summed E-state index contributed by atoms with van der Waals surface area (Å²) < 4.78 is 63.7. The second-order valence-electron chi connectivity index (χ2n) is 14.4. The molecule has 4 heterocycles. The van der Waals surface area contributed by atoms with Gasteiger partial charge in [-0.15, -0.1) is 0 Å². The summed E-state index contributed by atoms with van der Waals surface area (Å²) in [5.41, 5.74) is 11.3. The van der Waals surface area contributed by atoms with Crippen molar-refractivity contribution in [3.63, 3.8) is 0 Å². The highest BCUT2D eigenvalue weighted by Gasteiger charge is 2.57. The molecule has 3 aromatic carbocycles. The van der Waals surface area contributed by atoms with Crippen LogP contribution in [0.25, 0.3) is 10.4 Å². The Morgan fingerprint density at radius 3 is 1.81 bits per heavy atom. The summed E-state index contributed by atoms with van der Waals surface area (Å²) in [6, 6.07) is 27.6. The highest BCUT2D eigenvalue weighted by Crippen LogP contribution is 2.41. The average Bonchev–Trinajstić information content (AvgIpc) is 3.18. The van der Waals surface area contributed by atoms with E-state index in [9.17, 15) is 10.3 Å². The second-order valence-corrected chi connectivity index (χ2v) is 14.4. The molecule has 0 aliphatic carbocycles. The van der Waals surface area contributed by atoms with Gasteiger partial charge in [0.05, 0.1) is 25.2 Å². The lowest BCUT2D eigenvalue weighted by atomic mass is 9.93. The van der Waals surface area contributed by atoms with Gasteiger partial charge in [-0.05, 0) is 31.9 Å². The molecule has 2 unspecified atom stereocenters. The predicted octanol–water partition coefficient (Wildman–Crippen LogP) is 5.92. The van der Waals surface area contributed by atoms with Gasteiger partial charge in [0.1, 0.15) is 42.7 Å². The van der Waals surface area contributed by atoms with Crippen LogP contribution in [0.15, 0.2) is 96.1 Å². The Balaban J connectivity index is 1.25. The molecule has 0 saturated carbocycles. The first kappa shape index (κ1) is 37.4. The smallest absolute Gasteiger partial charge is 0.311 e. The average molecular weight is 732 g/mol. The van der Waals surface area contributed by atoms with Crippen molar-refractivity contribution in [2.45, 2.75) is 101 Å². The standard InChI is InChI=1S/C39H45N3O11/c1-39(2,3)38(43)53-33-32(45-20-23-14-8-5-9-15-23)30-27(22-47-35(51-30)25-18-12-7-13-19-25)49-37(33)52-31-28(41-42-40)36(44-4)48-26-21-46-34(50-29(26)31)24-16-10-6-11-17-24/h5-19,26-37H,20-22H2,1-4H3/t26-,27-,28-,29+,30+,31-,32+,33-,34?,35?,36-,37+/m1/s1. The topological polar surface area (TPSA) is 158 Å². The Morgan fingerprint density at radius 2 is 1.28 bits per heavy atom. The van der Waals surface area contributed by atoms with Crippen LogP contribution in [0, 0.1) is 5.41 Å². The van der Waals surface area contributed by atoms with E-state index < -0.39 is 85.3 Å². The number of ether oxygens (including phenoxy) is 10. The fraction of sp³-hybridized carbons (Fsp3) is 0.513. The first-order valence-corrected chi connectivity index (χ1v) is 17.8. The van der Waals surface area contributed by atoms with Crippen molar-refractivity contribution in [2.24, 2.45) is 10.5 Å². The number of rotatable bonds is 10. The molecule has 0 N–H and O–H groups in total. The van der Waals surface area contributed by atoms with Crippen molar-refractivity contribution in [2.75, 3.05) is 20.3 Å². The number of hydrogen-bond donors (Lipinski definition) is 0. The molecule has 0 spiro atoms. The van der Waals surface area contributed by atoms with Gasteiger partial charge in [0.15, 0.2) is 31.3 Å². The fourth-order valence-corrected chi connectivity index (χ4v) is 6.84. The van der Waals surface area contributed by atoms with E-state index in [0.717, 1.165) is 16.7 Å². The van der Waals surface area contributed by atoms with Crippen LogP contribution in [-0.4, -0.2) is 87.6 Å². The van der Waals surface area contributed by atoms with Crippen LogP contribution in [0.5, 0.6) is 0 Å². The van der Waals surface area contributed by atoms with Gasteiger partial charge < -0.3 is 47.4 Å². The van der Waals surface area contributed by atoms with Gasteiger partial charge in [-0.1, -0.05) is 96.1 Å². The Morgan fingerprint density at radius 1 is 0.755 bits per heavy atom. The number of esters is 1. The third-order valence-corrected chi connectivity index (χ3v) is 9.58. The molecule has 53 heavy (non-hydrogen) atoms. The largest absolute Gasteiger partial charge is 0.454 e. The quantitative estimate of drug-likeness (QED) is 0.106. The lowest BCUT2D eigenvalue weighted by molar-refractivity contribution is -0.395. The zero-order valence-corrected chi connectivity index (χ0v) is 30.0. The molecule has 3 aromatic rings. The van der Waals surface area contributed by atoms with Crippen LogP contribution in [-0.2, 0) is 58.8 Å². The van der Waals surface area contributed by atoms with Crippen LogP contribution in [0.3, 0.4) is 0 Å². The Bertz CT molecular complexity index is 1690. The minimum atomic E-state index is -1.26. The van der Waals surface area contributed by atoms with Gasteiger partial charge in [-0.3, -0.25) is 4.79 Å². The molecule has 14 heteroatoms. The van der Waals surface area contributed by atoms with Crippen LogP contribution in [0.2, 0.25) is 0 Å². The molecule has 282 valence electrons. The monoisotopic (exact) mass is 731 g/mol. The van der Waals surface area contributed by atoms with E-state index >= 15 is 0 Å². The molecule has 0 amide bonds. The zero-order valence-electron chi connectivity index (χ0n) is 30.0. The summed E-state index contributed by atoms with van der Waals surface area (Å²) in [5, 5.41) is 4.06. The summed E-state index contributed by atoms with van der Waals surface area (Å²) in [4.78, 5) is 16.8. The predicted molar refractivity (Wildman–Crippen MR) is 187 cm³/mol. The molecule has 0 radical (unpaired) electrons. The third-order valence-electron chi connectivity index (χ3n) is 9.58. The SMILES string of the molecule is CO[C@@H]1O[C@@H]2COC(c3ccccc3)O[C@@H]2[C@H](O[C@@H]2O[C@@H]3COC(c4ccccc4)O[C@@H]3[C@H](OCc3ccccc3)[C@H]2OC(=O)C(C)(C)C)[C@H]1N=[N+]=[N-]. The third kappa shape index (κ3) is 8.43. The fourth-order valence-electron chi connectivity index (χ4n) is 6.84. The number of azide groups is 1. The van der Waals surface area contributed by atoms with Crippen LogP contribution in [0.1, 0.15) is 50.0 Å². The van der Waals surface area contributed by atoms with E-state index in [1.165, 1.54) is 7.11 Å². The van der Waals surface area contributed by atoms with Crippen LogP contribution < -0.4 is 0 Å². The first-order valence-electron chi connectivity index (χ1n) is 17.8. The van der Waals surface area contributed by atoms with Crippen molar-refractivity contribution in [1.29, 1.82) is 0 Å². The maximum atomic E-state index is 13.7. The van der Waals surface area contributed by atoms with Crippen molar-refractivity contribution < 1.29 is 52.2 Å². The van der Waals surface area contributed by atoms with Gasteiger partial charge >= 0.3 is 5.97 Å². The highest BCUT2D eigenvalue weighted by molar-refractivity contribution is 5.75. The summed E-state index contributed by atoms with van der Waals surface area (Å²) >= 11 is 0. The minimum Gasteiger partial charge on any atom is -0.454 e. The van der Waals surface area contributed by atoms with Crippen molar-refractivity contribution >= 4 is 5.97 Å². The summed E-state index contributed by atoms with van der Waals surface area (Å²) in [6.45, 7) is 5.72. The summed E-state index contributed by atoms with van der Waals surface area (Å²) in [6.07, 6.45) is -9.74. The molecule has 12 atom stereocenters. The normalized spacial score (nSPS) is 34.2. The van der Waals surface area contributed by atoms with Gasteiger partial charge in [0, 0.05) is 23.1 Å². The number of benzene rings is 3. The van der Waals surface area contributed by atoms with Gasteiger partial charge in [-0.25, -0.2) is 0 Å². The van der Waals surface area contributed by atoms with E-state index in [1.807, 2.05) is 91.0 Å². The Labute approximate surface area is 308 Å². The lowest BCUT2D eigenvalue weighted by Gasteiger charge is -2.52. The number of carbonyl (C=O) groups is 1. The number of methoxy groups -OCH3 is 1. The van der Waals surface area contributed by atoms with Crippen molar-refractivity contribution in [1.82, 2.24) is 0 Å². The number of fused-ring (bicyclic) bond motifs is 2. The molecule has 7 rings (SSSR count). The molecule has 4 fully saturated rings. The molecule has 4 aliphatic heterocycles. The maximum absolute atomic E-state index is 13.7. The first-order chi connectivity index (χ1) is 25.7. The minimum absolute atomic E-state index is 0.121. The lowest BCUT2D eigenvalue weighted by Crippen LogP contribution is -2.67. The van der Waals surface area contributed by atoms with Gasteiger partial charge in [0.25, 0.3) is 0 Å². The molecule has 4 aliphatic rings. The van der Waals surface area contributed by atoms with Crippen LogP contribution in [0.4, 0.5) is 0 Å². The van der Waals surface area contributed by atoms with Gasteiger partial charge in [-0.2, -0.15) is 0 Å². The van der Waals surface area contributed by atoms with E-state index in [-0.39, 0.29) is 19.8 Å². The zero-order chi connectivity index (χ0) is 37.0. The van der Waals surface area contributed by atoms with E-state index in [0.29, 0.717) is 0 Å². The molecular weight excluding hydrogens is 686 g/mol. The van der Waals surface area contributed by atoms with E-state index in [2.05, 4.69) is 10.0 Å².